The van der Waals surface area contributed by atoms with Crippen LogP contribution >= 0.6 is 0 Å². The quantitative estimate of drug-likeness (QED) is 0.635. The molecule has 1 nitrogen and oxygen atoms in total. The number of benzene rings is 1. The number of alkyl halides is 7. The van der Waals surface area contributed by atoms with Crippen LogP contribution in [0.3, 0.4) is 0 Å². The highest BCUT2D eigenvalue weighted by molar-refractivity contribution is 5.56. The van der Waals surface area contributed by atoms with Crippen LogP contribution in [0.25, 0.3) is 0 Å². The molecule has 0 saturated heterocycles. The fourth-order valence-corrected chi connectivity index (χ4v) is 2.32. The zero-order valence-electron chi connectivity index (χ0n) is 11.3. The Morgan fingerprint density at radius 1 is 0.810 bits per heavy atom. The minimum Gasteiger partial charge on any atom is -0.398 e. The molecule has 0 bridgehead atoms. The highest BCUT2D eigenvalue weighted by Gasteiger charge is 2.74. The van der Waals surface area contributed by atoms with Crippen molar-refractivity contribution >= 4 is 5.69 Å². The van der Waals surface area contributed by atoms with E-state index >= 15 is 0 Å². The third kappa shape index (κ3) is 2.67. The average molecular weight is 317 g/mol. The van der Waals surface area contributed by atoms with Crippen molar-refractivity contribution in [3.63, 3.8) is 0 Å². The van der Waals surface area contributed by atoms with Crippen LogP contribution < -0.4 is 5.73 Å². The molecule has 0 unspecified atom stereocenters. The molecule has 1 aromatic carbocycles. The number of halogens is 7. The first kappa shape index (κ1) is 17.6. The van der Waals surface area contributed by atoms with Crippen LogP contribution in [0.5, 0.6) is 0 Å². The highest BCUT2D eigenvalue weighted by Crippen LogP contribution is 2.54. The van der Waals surface area contributed by atoms with Crippen molar-refractivity contribution in [3.05, 3.63) is 28.8 Å². The van der Waals surface area contributed by atoms with Crippen molar-refractivity contribution in [3.8, 4) is 0 Å². The lowest BCUT2D eigenvalue weighted by Gasteiger charge is -2.32. The summed E-state index contributed by atoms with van der Waals surface area (Å²) in [7, 11) is 0. The molecule has 0 saturated carbocycles. The van der Waals surface area contributed by atoms with E-state index in [9.17, 15) is 30.7 Å². The molecule has 2 N–H and O–H groups in total. The predicted octanol–water partition coefficient (Wildman–Crippen LogP) is 4.68. The first-order valence-electron chi connectivity index (χ1n) is 6.14. The molecule has 0 aliphatic heterocycles. The van der Waals surface area contributed by atoms with Gasteiger partial charge in [-0.25, -0.2) is 4.39 Å². The van der Waals surface area contributed by atoms with E-state index in [0.717, 1.165) is 6.07 Å². The minimum absolute atomic E-state index is 0.0461. The van der Waals surface area contributed by atoms with E-state index in [4.69, 9.17) is 5.73 Å². The zero-order chi connectivity index (χ0) is 16.6. The van der Waals surface area contributed by atoms with Crippen LogP contribution in [0.4, 0.5) is 36.4 Å². The van der Waals surface area contributed by atoms with E-state index in [1.54, 1.807) is 0 Å². The van der Waals surface area contributed by atoms with Gasteiger partial charge in [0.05, 0.1) is 0 Å². The Balaban J connectivity index is 3.77. The maximum Gasteiger partial charge on any atom is 0.435 e. The molecule has 120 valence electrons. The van der Waals surface area contributed by atoms with Crippen molar-refractivity contribution in [2.75, 3.05) is 5.73 Å². The van der Waals surface area contributed by atoms with E-state index < -0.39 is 23.6 Å². The Hall–Kier alpha value is -1.47. The van der Waals surface area contributed by atoms with Gasteiger partial charge in [0.25, 0.3) is 0 Å². The van der Waals surface area contributed by atoms with E-state index in [2.05, 4.69) is 0 Å². The van der Waals surface area contributed by atoms with E-state index in [0.29, 0.717) is 6.07 Å². The van der Waals surface area contributed by atoms with Gasteiger partial charge in [0.1, 0.15) is 0 Å². The largest absolute Gasteiger partial charge is 0.435 e. The smallest absolute Gasteiger partial charge is 0.398 e. The summed E-state index contributed by atoms with van der Waals surface area (Å²) in [6.45, 7) is 2.88. The van der Waals surface area contributed by atoms with Crippen molar-refractivity contribution < 1.29 is 30.7 Å². The zero-order valence-corrected chi connectivity index (χ0v) is 11.3. The summed E-state index contributed by atoms with van der Waals surface area (Å²) < 4.78 is 91.0. The molecule has 0 heterocycles. The fraction of sp³-hybridized carbons (Fsp3) is 0.538. The molecule has 0 aromatic heterocycles. The number of rotatable bonds is 3. The topological polar surface area (TPSA) is 26.0 Å². The lowest BCUT2D eigenvalue weighted by Crippen LogP contribution is -2.51. The predicted molar refractivity (Wildman–Crippen MR) is 64.5 cm³/mol. The Bertz CT molecular complexity index is 502. The number of nitrogens with two attached hydrogens (primary N) is 1. The SMILES string of the molecule is CCc1c(N)ccc(C(F)(C(F)(F)F)C(F)(F)F)c1CC. The van der Waals surface area contributed by atoms with E-state index in [-0.39, 0.29) is 29.7 Å². The lowest BCUT2D eigenvalue weighted by molar-refractivity contribution is -0.348. The molecule has 0 aliphatic rings. The van der Waals surface area contributed by atoms with Crippen LogP contribution in [0, 0.1) is 0 Å². The van der Waals surface area contributed by atoms with E-state index in [1.807, 2.05) is 0 Å². The number of hydrogen-bond acceptors (Lipinski definition) is 1. The van der Waals surface area contributed by atoms with Crippen LogP contribution in [-0.2, 0) is 18.5 Å². The number of hydrogen-bond donors (Lipinski definition) is 1. The minimum atomic E-state index is -6.11. The Morgan fingerprint density at radius 3 is 1.57 bits per heavy atom. The van der Waals surface area contributed by atoms with Gasteiger partial charge in [-0.05, 0) is 30.0 Å². The molecular formula is C13H14F7N. The van der Waals surface area contributed by atoms with Gasteiger partial charge in [-0.3, -0.25) is 0 Å². The normalized spacial score (nSPS) is 13.6. The molecule has 0 atom stereocenters. The molecule has 0 aliphatic carbocycles. The number of anilines is 1. The molecule has 0 radical (unpaired) electrons. The summed E-state index contributed by atoms with van der Waals surface area (Å²) in [5, 5.41) is 0. The van der Waals surface area contributed by atoms with Gasteiger partial charge >= 0.3 is 18.0 Å². The number of nitrogen functional groups attached to an aromatic ring is 1. The average Bonchev–Trinajstić information content (AvgIpc) is 2.34. The Labute approximate surface area is 116 Å². The monoisotopic (exact) mass is 317 g/mol. The Kier molecular flexibility index (Phi) is 4.51. The van der Waals surface area contributed by atoms with Crippen molar-refractivity contribution in [1.82, 2.24) is 0 Å². The standard InChI is InChI=1S/C13H14F7N/c1-3-7-8(4-2)10(21)6-5-9(7)11(14,12(15,16)17)13(18,19)20/h5-6H,3-4,21H2,1-2H3. The molecule has 0 fully saturated rings. The maximum absolute atomic E-state index is 14.1. The first-order valence-corrected chi connectivity index (χ1v) is 6.14. The van der Waals surface area contributed by atoms with Gasteiger partial charge < -0.3 is 5.73 Å². The second-order valence-electron chi connectivity index (χ2n) is 4.52. The van der Waals surface area contributed by atoms with Crippen LogP contribution in [-0.4, -0.2) is 12.4 Å². The van der Waals surface area contributed by atoms with Gasteiger partial charge in [-0.1, -0.05) is 19.9 Å². The summed E-state index contributed by atoms with van der Waals surface area (Å²) in [6, 6.07) is 1.34. The van der Waals surface area contributed by atoms with Gasteiger partial charge in [0.15, 0.2) is 0 Å². The molecular weight excluding hydrogens is 303 g/mol. The summed E-state index contributed by atoms with van der Waals surface area (Å²) in [6.07, 6.45) is -12.3. The fourth-order valence-electron chi connectivity index (χ4n) is 2.32. The Morgan fingerprint density at radius 2 is 1.24 bits per heavy atom. The van der Waals surface area contributed by atoms with Crippen molar-refractivity contribution in [2.45, 2.75) is 44.7 Å². The van der Waals surface area contributed by atoms with Crippen molar-refractivity contribution in [1.29, 1.82) is 0 Å². The van der Waals surface area contributed by atoms with Crippen LogP contribution in [0.15, 0.2) is 12.1 Å². The highest BCUT2D eigenvalue weighted by atomic mass is 19.4. The first-order chi connectivity index (χ1) is 9.41. The maximum atomic E-state index is 14.1. The summed E-state index contributed by atoms with van der Waals surface area (Å²) in [5.41, 5.74) is -1.50. The molecule has 0 amide bonds. The summed E-state index contributed by atoms with van der Waals surface area (Å²) in [5.74, 6) is 0. The van der Waals surface area contributed by atoms with Gasteiger partial charge in [0, 0.05) is 11.3 Å². The van der Waals surface area contributed by atoms with Gasteiger partial charge in [-0.15, -0.1) is 0 Å². The summed E-state index contributed by atoms with van der Waals surface area (Å²) >= 11 is 0. The molecule has 21 heavy (non-hydrogen) atoms. The molecule has 1 aromatic rings. The van der Waals surface area contributed by atoms with Gasteiger partial charge in [0.2, 0.25) is 0 Å². The van der Waals surface area contributed by atoms with E-state index in [1.165, 1.54) is 13.8 Å². The lowest BCUT2D eigenvalue weighted by atomic mass is 9.85. The second-order valence-corrected chi connectivity index (χ2v) is 4.52. The molecule has 1 rings (SSSR count). The van der Waals surface area contributed by atoms with Crippen LogP contribution in [0.2, 0.25) is 0 Å². The third-order valence-electron chi connectivity index (χ3n) is 3.33. The molecule has 8 heteroatoms. The van der Waals surface area contributed by atoms with Crippen LogP contribution in [0.1, 0.15) is 30.5 Å². The second kappa shape index (κ2) is 5.38. The third-order valence-corrected chi connectivity index (χ3v) is 3.33. The van der Waals surface area contributed by atoms with Crippen molar-refractivity contribution in [2.24, 2.45) is 0 Å². The van der Waals surface area contributed by atoms with Gasteiger partial charge in [-0.2, -0.15) is 26.3 Å². The summed E-state index contributed by atoms with van der Waals surface area (Å²) in [4.78, 5) is 0. The molecule has 0 spiro atoms.